The number of ether oxygens (including phenoxy) is 3. The number of carbonyl (C=O) groups excluding carboxylic acids is 1. The Bertz CT molecular complexity index is 612. The van der Waals surface area contributed by atoms with Crippen molar-refractivity contribution in [2.75, 3.05) is 39.6 Å². The Morgan fingerprint density at radius 1 is 1.15 bits per heavy atom. The van der Waals surface area contributed by atoms with Crippen molar-refractivity contribution in [1.29, 1.82) is 0 Å². The molecule has 27 heavy (non-hydrogen) atoms. The lowest BCUT2D eigenvalue weighted by Gasteiger charge is -2.38. The van der Waals surface area contributed by atoms with Gasteiger partial charge in [-0.1, -0.05) is 32.8 Å². The summed E-state index contributed by atoms with van der Waals surface area (Å²) in [7, 11) is 0. The number of hydrogen-bond donors (Lipinski definition) is 1. The molecule has 2 aliphatic heterocycles. The van der Waals surface area contributed by atoms with Gasteiger partial charge in [0, 0.05) is 32.1 Å². The van der Waals surface area contributed by atoms with E-state index in [0.29, 0.717) is 31.3 Å². The van der Waals surface area contributed by atoms with Crippen LogP contribution in [0.15, 0.2) is 18.2 Å². The molecule has 6 nitrogen and oxygen atoms in total. The molecule has 1 atom stereocenters. The van der Waals surface area contributed by atoms with Crippen LogP contribution in [0.5, 0.6) is 11.5 Å². The smallest absolute Gasteiger partial charge is 0.231 e. The van der Waals surface area contributed by atoms with E-state index in [2.05, 4.69) is 24.1 Å². The Hall–Kier alpha value is -1.79. The van der Waals surface area contributed by atoms with Crippen molar-refractivity contribution in [3.8, 4) is 11.5 Å². The fourth-order valence-corrected chi connectivity index (χ4v) is 4.00. The van der Waals surface area contributed by atoms with E-state index in [1.807, 2.05) is 18.2 Å². The molecule has 0 aromatic heterocycles. The summed E-state index contributed by atoms with van der Waals surface area (Å²) in [5, 5.41) is 3.17. The molecule has 0 unspecified atom stereocenters. The van der Waals surface area contributed by atoms with E-state index in [1.54, 1.807) is 0 Å². The normalized spacial score (nSPS) is 17.9. The van der Waals surface area contributed by atoms with Crippen LogP contribution in [0.4, 0.5) is 0 Å². The van der Waals surface area contributed by atoms with Crippen LogP contribution in [0.1, 0.15) is 38.7 Å². The molecule has 0 bridgehead atoms. The average molecular weight is 376 g/mol. The van der Waals surface area contributed by atoms with E-state index >= 15 is 0 Å². The van der Waals surface area contributed by atoms with E-state index in [-0.39, 0.29) is 12.7 Å². The molecule has 150 valence electrons. The van der Waals surface area contributed by atoms with Crippen molar-refractivity contribution in [3.63, 3.8) is 0 Å². The number of fused-ring (bicyclic) bond motifs is 1. The highest BCUT2D eigenvalue weighted by atomic mass is 16.7. The second-order valence-corrected chi connectivity index (χ2v) is 7.28. The maximum Gasteiger partial charge on any atom is 0.231 e. The molecule has 1 amide bonds. The Kier molecular flexibility index (Phi) is 7.35. The van der Waals surface area contributed by atoms with Crippen molar-refractivity contribution >= 4 is 5.91 Å². The first-order chi connectivity index (χ1) is 13.2. The summed E-state index contributed by atoms with van der Waals surface area (Å²) in [6, 6.07) is 6.27. The fraction of sp³-hybridized carbons (Fsp3) is 0.667. The second-order valence-electron chi connectivity index (χ2n) is 7.28. The summed E-state index contributed by atoms with van der Waals surface area (Å²) in [4.78, 5) is 14.9. The molecular weight excluding hydrogens is 344 g/mol. The van der Waals surface area contributed by atoms with Crippen LogP contribution in [-0.2, 0) is 16.0 Å². The summed E-state index contributed by atoms with van der Waals surface area (Å²) >= 11 is 0. The zero-order chi connectivity index (χ0) is 19.1. The Morgan fingerprint density at radius 3 is 2.63 bits per heavy atom. The largest absolute Gasteiger partial charge is 0.454 e. The summed E-state index contributed by atoms with van der Waals surface area (Å²) < 4.78 is 16.2. The minimum absolute atomic E-state index is 0.108. The zero-order valence-corrected chi connectivity index (χ0v) is 16.5. The summed E-state index contributed by atoms with van der Waals surface area (Å²) in [5.74, 6) is 2.25. The molecule has 6 heteroatoms. The van der Waals surface area contributed by atoms with Gasteiger partial charge in [-0.25, -0.2) is 0 Å². The Labute approximate surface area is 162 Å². The maximum absolute atomic E-state index is 12.4. The third-order valence-electron chi connectivity index (χ3n) is 5.69. The van der Waals surface area contributed by atoms with E-state index in [0.717, 1.165) is 56.2 Å². The molecule has 1 N–H and O–H groups in total. The van der Waals surface area contributed by atoms with Gasteiger partial charge in [0.15, 0.2) is 11.5 Å². The van der Waals surface area contributed by atoms with E-state index in [4.69, 9.17) is 14.2 Å². The number of hydrogen-bond acceptors (Lipinski definition) is 5. The molecule has 1 aromatic carbocycles. The van der Waals surface area contributed by atoms with Gasteiger partial charge in [0.25, 0.3) is 0 Å². The monoisotopic (exact) mass is 376 g/mol. The maximum atomic E-state index is 12.4. The summed E-state index contributed by atoms with van der Waals surface area (Å²) in [5.41, 5.74) is 1.10. The lowest BCUT2D eigenvalue weighted by Crippen LogP contribution is -2.52. The van der Waals surface area contributed by atoms with Crippen LogP contribution in [0, 0.1) is 5.92 Å². The molecule has 3 rings (SSSR count). The number of rotatable bonds is 9. The molecule has 1 saturated heterocycles. The highest BCUT2D eigenvalue weighted by Gasteiger charge is 2.27. The molecule has 0 aliphatic carbocycles. The van der Waals surface area contributed by atoms with Crippen LogP contribution in [0.3, 0.4) is 0 Å². The third kappa shape index (κ3) is 5.36. The van der Waals surface area contributed by atoms with Crippen LogP contribution >= 0.6 is 0 Å². The molecule has 2 aliphatic rings. The molecular formula is C21H32N2O4. The van der Waals surface area contributed by atoms with Gasteiger partial charge in [-0.3, -0.25) is 9.69 Å². The summed E-state index contributed by atoms with van der Waals surface area (Å²) in [6.07, 6.45) is 3.45. The van der Waals surface area contributed by atoms with Crippen molar-refractivity contribution in [1.82, 2.24) is 10.2 Å². The van der Waals surface area contributed by atoms with E-state index < -0.39 is 0 Å². The van der Waals surface area contributed by atoms with E-state index in [1.165, 1.54) is 0 Å². The van der Waals surface area contributed by atoms with Crippen molar-refractivity contribution in [2.24, 2.45) is 5.92 Å². The number of aryl methyl sites for hydroxylation is 1. The molecule has 1 fully saturated rings. The lowest BCUT2D eigenvalue weighted by molar-refractivity contribution is -0.121. The molecule has 2 heterocycles. The predicted octanol–water partition coefficient (Wildman–Crippen LogP) is 2.60. The Morgan fingerprint density at radius 2 is 1.89 bits per heavy atom. The molecule has 0 saturated carbocycles. The Balaban J connectivity index is 1.49. The first-order valence-electron chi connectivity index (χ1n) is 10.2. The standard InChI is InChI=1S/C21H32N2O4/c1-3-17(4-2)18(23-9-11-25-12-10-23)14-22-21(24)8-6-16-5-7-19-20(13-16)27-15-26-19/h5,7,13,17-18H,3-4,6,8-12,14-15H2,1-2H3,(H,22,24)/t18-/m0/s1. The van der Waals surface area contributed by atoms with Crippen molar-refractivity contribution in [2.45, 2.75) is 45.6 Å². The van der Waals surface area contributed by atoms with Crippen molar-refractivity contribution in [3.05, 3.63) is 23.8 Å². The van der Waals surface area contributed by atoms with Gasteiger partial charge in [0.2, 0.25) is 12.7 Å². The van der Waals surface area contributed by atoms with Gasteiger partial charge in [-0.15, -0.1) is 0 Å². The summed E-state index contributed by atoms with van der Waals surface area (Å²) in [6.45, 7) is 8.95. The van der Waals surface area contributed by atoms with E-state index in [9.17, 15) is 4.79 Å². The van der Waals surface area contributed by atoms with Gasteiger partial charge in [0.1, 0.15) is 0 Å². The first kappa shape index (κ1) is 20.0. The number of carbonyl (C=O) groups is 1. The van der Waals surface area contributed by atoms with Crippen LogP contribution < -0.4 is 14.8 Å². The van der Waals surface area contributed by atoms with Gasteiger partial charge in [-0.05, 0) is 30.0 Å². The highest BCUT2D eigenvalue weighted by molar-refractivity contribution is 5.76. The fourth-order valence-electron chi connectivity index (χ4n) is 4.00. The number of nitrogens with one attached hydrogen (secondary N) is 1. The van der Waals surface area contributed by atoms with Crippen molar-refractivity contribution < 1.29 is 19.0 Å². The highest BCUT2D eigenvalue weighted by Crippen LogP contribution is 2.32. The quantitative estimate of drug-likeness (QED) is 0.718. The zero-order valence-electron chi connectivity index (χ0n) is 16.5. The number of nitrogens with zero attached hydrogens (tertiary/aromatic N) is 1. The van der Waals surface area contributed by atoms with Gasteiger partial charge in [-0.2, -0.15) is 0 Å². The predicted molar refractivity (Wildman–Crippen MR) is 104 cm³/mol. The lowest BCUT2D eigenvalue weighted by atomic mass is 9.92. The topological polar surface area (TPSA) is 60.0 Å². The van der Waals surface area contributed by atoms with Gasteiger partial charge >= 0.3 is 0 Å². The molecule has 1 aromatic rings. The third-order valence-corrected chi connectivity index (χ3v) is 5.69. The minimum Gasteiger partial charge on any atom is -0.454 e. The van der Waals surface area contributed by atoms with Crippen LogP contribution in [-0.4, -0.2) is 56.5 Å². The first-order valence-corrected chi connectivity index (χ1v) is 10.2. The molecule has 0 radical (unpaired) electrons. The average Bonchev–Trinajstić information content (AvgIpc) is 3.18. The van der Waals surface area contributed by atoms with Crippen LogP contribution in [0.2, 0.25) is 0 Å². The van der Waals surface area contributed by atoms with Gasteiger partial charge in [0.05, 0.1) is 13.2 Å². The second kappa shape index (κ2) is 9.95. The molecule has 0 spiro atoms. The number of amides is 1. The number of morpholine rings is 1. The van der Waals surface area contributed by atoms with Crippen LogP contribution in [0.25, 0.3) is 0 Å². The number of benzene rings is 1. The van der Waals surface area contributed by atoms with Gasteiger partial charge < -0.3 is 19.5 Å². The SMILES string of the molecule is CCC(CC)[C@H](CNC(=O)CCc1ccc2c(c1)OCO2)N1CCOCC1. The minimum atomic E-state index is 0.108.